The molecule has 0 bridgehead atoms. The molecule has 6 heteroatoms. The van der Waals surface area contributed by atoms with E-state index in [1.165, 1.54) is 0 Å². The molecular weight excluding hydrogens is 266 g/mol. The van der Waals surface area contributed by atoms with Gasteiger partial charge in [-0.15, -0.1) is 0 Å². The van der Waals surface area contributed by atoms with Gasteiger partial charge >= 0.3 is 0 Å². The van der Waals surface area contributed by atoms with E-state index in [2.05, 4.69) is 41.4 Å². The fourth-order valence-corrected chi connectivity index (χ4v) is 2.32. The van der Waals surface area contributed by atoms with Gasteiger partial charge in [-0.3, -0.25) is 4.79 Å². The van der Waals surface area contributed by atoms with Crippen molar-refractivity contribution in [1.82, 2.24) is 14.9 Å². The fourth-order valence-electron chi connectivity index (χ4n) is 2.32. The van der Waals surface area contributed by atoms with Crippen molar-refractivity contribution < 1.29 is 4.79 Å². The van der Waals surface area contributed by atoms with Crippen molar-refractivity contribution in [3.63, 3.8) is 0 Å². The first-order chi connectivity index (χ1) is 9.79. The molecule has 0 spiro atoms. The highest BCUT2D eigenvalue weighted by atomic mass is 16.2. The van der Waals surface area contributed by atoms with Gasteiger partial charge in [0.25, 0.3) is 0 Å². The summed E-state index contributed by atoms with van der Waals surface area (Å²) in [6.45, 7) is 7.00. The molecule has 1 fully saturated rings. The van der Waals surface area contributed by atoms with E-state index in [1.807, 2.05) is 20.2 Å². The van der Waals surface area contributed by atoms with Crippen LogP contribution >= 0.6 is 0 Å². The number of anilines is 2. The summed E-state index contributed by atoms with van der Waals surface area (Å²) in [5, 5.41) is 6.51. The molecule has 1 unspecified atom stereocenters. The number of carbonyl (C=O) groups is 1. The van der Waals surface area contributed by atoms with E-state index in [4.69, 9.17) is 0 Å². The Labute approximate surface area is 126 Å². The molecule has 2 N–H and O–H groups in total. The second-order valence-corrected chi connectivity index (χ2v) is 6.62. The zero-order valence-electron chi connectivity index (χ0n) is 13.5. The first kappa shape index (κ1) is 15.5. The van der Waals surface area contributed by atoms with Crippen LogP contribution in [0.2, 0.25) is 0 Å². The Morgan fingerprint density at radius 1 is 1.29 bits per heavy atom. The van der Waals surface area contributed by atoms with Crippen LogP contribution in [-0.2, 0) is 10.2 Å². The zero-order chi connectivity index (χ0) is 15.6. The van der Waals surface area contributed by atoms with E-state index in [0.29, 0.717) is 13.0 Å². The molecule has 21 heavy (non-hydrogen) atoms. The van der Waals surface area contributed by atoms with Gasteiger partial charge in [-0.2, -0.15) is 0 Å². The summed E-state index contributed by atoms with van der Waals surface area (Å²) in [6.07, 6.45) is 1.43. The van der Waals surface area contributed by atoms with Crippen LogP contribution in [-0.4, -0.2) is 47.5 Å². The Hall–Kier alpha value is -1.85. The molecule has 0 radical (unpaired) electrons. The number of likely N-dealkylation sites (N-methyl/N-ethyl adjacent to an activating group) is 1. The third-order valence-corrected chi connectivity index (χ3v) is 3.63. The number of aromatic nitrogens is 2. The summed E-state index contributed by atoms with van der Waals surface area (Å²) < 4.78 is 0. The summed E-state index contributed by atoms with van der Waals surface area (Å²) in [4.78, 5) is 22.5. The summed E-state index contributed by atoms with van der Waals surface area (Å²) in [7, 11) is 3.70. The van der Waals surface area contributed by atoms with E-state index in [1.54, 1.807) is 4.90 Å². The van der Waals surface area contributed by atoms with Gasteiger partial charge in [-0.05, 0) is 6.42 Å². The van der Waals surface area contributed by atoms with E-state index in [-0.39, 0.29) is 17.4 Å². The third-order valence-electron chi connectivity index (χ3n) is 3.63. The van der Waals surface area contributed by atoms with Crippen LogP contribution in [0.4, 0.5) is 11.6 Å². The van der Waals surface area contributed by atoms with Crippen LogP contribution in [0.3, 0.4) is 0 Å². The van der Waals surface area contributed by atoms with E-state index >= 15 is 0 Å². The van der Waals surface area contributed by atoms with Gasteiger partial charge in [-0.1, -0.05) is 20.8 Å². The van der Waals surface area contributed by atoms with Crippen molar-refractivity contribution >= 4 is 17.5 Å². The maximum absolute atomic E-state index is 11.5. The molecule has 116 valence electrons. The second-order valence-electron chi connectivity index (χ2n) is 6.62. The van der Waals surface area contributed by atoms with Crippen LogP contribution in [0, 0.1) is 0 Å². The average Bonchev–Trinajstić information content (AvgIpc) is 2.41. The van der Waals surface area contributed by atoms with Crippen molar-refractivity contribution in [2.24, 2.45) is 0 Å². The Kier molecular flexibility index (Phi) is 4.34. The number of nitrogens with one attached hydrogen (secondary N) is 2. The topological polar surface area (TPSA) is 70.2 Å². The molecular formula is C15H25N5O. The van der Waals surface area contributed by atoms with Crippen LogP contribution in [0.25, 0.3) is 0 Å². The minimum absolute atomic E-state index is 0.109. The second kappa shape index (κ2) is 5.87. The number of piperidine rings is 1. The van der Waals surface area contributed by atoms with Gasteiger partial charge < -0.3 is 15.5 Å². The number of amides is 1. The van der Waals surface area contributed by atoms with E-state index in [9.17, 15) is 4.79 Å². The lowest BCUT2D eigenvalue weighted by molar-refractivity contribution is -0.132. The van der Waals surface area contributed by atoms with Gasteiger partial charge in [0.15, 0.2) is 0 Å². The van der Waals surface area contributed by atoms with Crippen LogP contribution in [0.15, 0.2) is 6.07 Å². The molecule has 1 amide bonds. The summed E-state index contributed by atoms with van der Waals surface area (Å²) >= 11 is 0. The van der Waals surface area contributed by atoms with Gasteiger partial charge in [0.2, 0.25) is 5.91 Å². The number of hydrogen-bond acceptors (Lipinski definition) is 5. The van der Waals surface area contributed by atoms with E-state index in [0.717, 1.165) is 23.9 Å². The molecule has 6 nitrogen and oxygen atoms in total. The smallest absolute Gasteiger partial charge is 0.222 e. The molecule has 2 heterocycles. The summed E-state index contributed by atoms with van der Waals surface area (Å²) in [5.41, 5.74) is -0.109. The molecule has 0 aromatic carbocycles. The maximum atomic E-state index is 11.5. The lowest BCUT2D eigenvalue weighted by Gasteiger charge is -2.30. The molecule has 1 aromatic rings. The predicted molar refractivity (Wildman–Crippen MR) is 84.6 cm³/mol. The number of likely N-dealkylation sites (tertiary alicyclic amines) is 1. The van der Waals surface area contributed by atoms with Gasteiger partial charge in [0.1, 0.15) is 17.5 Å². The van der Waals surface area contributed by atoms with Crippen LogP contribution < -0.4 is 10.6 Å². The molecule has 1 aliphatic heterocycles. The minimum Gasteiger partial charge on any atom is -0.373 e. The largest absolute Gasteiger partial charge is 0.373 e. The predicted octanol–water partition coefficient (Wildman–Crippen LogP) is 1.85. The van der Waals surface area contributed by atoms with E-state index < -0.39 is 0 Å². The van der Waals surface area contributed by atoms with Crippen molar-refractivity contribution in [2.75, 3.05) is 31.3 Å². The molecule has 0 saturated carbocycles. The lowest BCUT2D eigenvalue weighted by atomic mass is 9.96. The third kappa shape index (κ3) is 3.83. The van der Waals surface area contributed by atoms with Gasteiger partial charge in [0.05, 0.1) is 0 Å². The Balaban J connectivity index is 2.18. The molecule has 1 aliphatic rings. The van der Waals surface area contributed by atoms with Crippen molar-refractivity contribution in [1.29, 1.82) is 0 Å². The number of carbonyl (C=O) groups excluding carboxylic acids is 1. The maximum Gasteiger partial charge on any atom is 0.222 e. The zero-order valence-corrected chi connectivity index (χ0v) is 13.5. The van der Waals surface area contributed by atoms with Gasteiger partial charge in [-0.25, -0.2) is 9.97 Å². The fraction of sp³-hybridized carbons (Fsp3) is 0.667. The highest BCUT2D eigenvalue weighted by Gasteiger charge is 2.24. The molecule has 1 saturated heterocycles. The molecule has 1 atom stereocenters. The summed E-state index contributed by atoms with van der Waals surface area (Å²) in [5.74, 6) is 2.63. The highest BCUT2D eigenvalue weighted by molar-refractivity contribution is 5.77. The quantitative estimate of drug-likeness (QED) is 0.889. The van der Waals surface area contributed by atoms with Crippen molar-refractivity contribution in [3.05, 3.63) is 11.9 Å². The number of hydrogen-bond donors (Lipinski definition) is 2. The number of nitrogens with zero attached hydrogens (tertiary/aromatic N) is 3. The summed E-state index contributed by atoms with van der Waals surface area (Å²) in [6, 6.07) is 2.14. The Morgan fingerprint density at radius 3 is 2.52 bits per heavy atom. The SMILES string of the molecule is CNc1cc(NC2CCC(=O)N(C)C2)nc(C(C)(C)C)n1. The first-order valence-electron chi connectivity index (χ1n) is 7.37. The van der Waals surface area contributed by atoms with Crippen molar-refractivity contribution in [3.8, 4) is 0 Å². The monoisotopic (exact) mass is 291 g/mol. The Morgan fingerprint density at radius 2 is 1.95 bits per heavy atom. The average molecular weight is 291 g/mol. The van der Waals surface area contributed by atoms with Crippen molar-refractivity contribution in [2.45, 2.75) is 45.1 Å². The molecule has 0 aliphatic carbocycles. The normalized spacial score (nSPS) is 19.6. The molecule has 1 aromatic heterocycles. The first-order valence-corrected chi connectivity index (χ1v) is 7.37. The highest BCUT2D eigenvalue weighted by Crippen LogP contribution is 2.23. The van der Waals surface area contributed by atoms with Crippen LogP contribution in [0.1, 0.15) is 39.4 Å². The number of rotatable bonds is 3. The van der Waals surface area contributed by atoms with Gasteiger partial charge in [0, 0.05) is 44.6 Å². The Bertz CT molecular complexity index is 523. The molecule has 2 rings (SSSR count). The van der Waals surface area contributed by atoms with Crippen LogP contribution in [0.5, 0.6) is 0 Å². The standard InChI is InChI=1S/C15H25N5O/c1-15(2,3)14-18-11(16-4)8-12(19-14)17-10-6-7-13(21)20(5)9-10/h8,10H,6-7,9H2,1-5H3,(H2,16,17,18,19). The minimum atomic E-state index is -0.109. The lowest BCUT2D eigenvalue weighted by Crippen LogP contribution is -2.43.